The summed E-state index contributed by atoms with van der Waals surface area (Å²) in [6, 6.07) is 12.2. The topological polar surface area (TPSA) is 70.8 Å². The van der Waals surface area contributed by atoms with Gasteiger partial charge in [-0.1, -0.05) is 12.1 Å². The molecule has 118 valence electrons. The summed E-state index contributed by atoms with van der Waals surface area (Å²) in [6.45, 7) is -0.0398. The Kier molecular flexibility index (Phi) is 4.14. The number of carbonyl (C=O) groups excluding carboxylic acids is 1. The molecule has 0 aliphatic heterocycles. The SMILES string of the molecule is COc1ccc(C(=O)OCc2nc3ccccc3o2)cc1OC. The fourth-order valence-corrected chi connectivity index (χ4v) is 2.16. The molecule has 0 saturated carbocycles. The summed E-state index contributed by atoms with van der Waals surface area (Å²) >= 11 is 0. The molecule has 0 atom stereocenters. The number of esters is 1. The Labute approximate surface area is 132 Å². The van der Waals surface area contributed by atoms with Crippen LogP contribution in [0.2, 0.25) is 0 Å². The summed E-state index contributed by atoms with van der Waals surface area (Å²) in [5.41, 5.74) is 1.74. The maximum absolute atomic E-state index is 12.1. The zero-order valence-electron chi connectivity index (χ0n) is 12.7. The average Bonchev–Trinajstić information content (AvgIpc) is 3.01. The van der Waals surface area contributed by atoms with Gasteiger partial charge in [0, 0.05) is 0 Å². The van der Waals surface area contributed by atoms with E-state index in [4.69, 9.17) is 18.6 Å². The zero-order chi connectivity index (χ0) is 16.2. The van der Waals surface area contributed by atoms with Crippen molar-refractivity contribution in [2.45, 2.75) is 6.61 Å². The van der Waals surface area contributed by atoms with Crippen LogP contribution < -0.4 is 9.47 Å². The van der Waals surface area contributed by atoms with Gasteiger partial charge in [-0.25, -0.2) is 9.78 Å². The largest absolute Gasteiger partial charge is 0.493 e. The molecule has 3 aromatic rings. The minimum atomic E-state index is -0.492. The fourth-order valence-electron chi connectivity index (χ4n) is 2.16. The molecule has 0 bridgehead atoms. The number of hydrogen-bond acceptors (Lipinski definition) is 6. The Bertz CT molecular complexity index is 807. The van der Waals surface area contributed by atoms with Crippen molar-refractivity contribution < 1.29 is 23.4 Å². The Hall–Kier alpha value is -3.02. The molecule has 3 rings (SSSR count). The number of nitrogens with zero attached hydrogens (tertiary/aromatic N) is 1. The number of oxazole rings is 1. The van der Waals surface area contributed by atoms with Crippen LogP contribution in [0.15, 0.2) is 46.9 Å². The van der Waals surface area contributed by atoms with Gasteiger partial charge in [0.05, 0.1) is 19.8 Å². The summed E-state index contributed by atoms with van der Waals surface area (Å²) in [5.74, 6) is 0.861. The number of rotatable bonds is 5. The highest BCUT2D eigenvalue weighted by Gasteiger charge is 2.13. The van der Waals surface area contributed by atoms with Crippen molar-refractivity contribution in [1.29, 1.82) is 0 Å². The van der Waals surface area contributed by atoms with Gasteiger partial charge in [0.2, 0.25) is 5.89 Å². The van der Waals surface area contributed by atoms with E-state index >= 15 is 0 Å². The summed E-state index contributed by atoms with van der Waals surface area (Å²) in [5, 5.41) is 0. The Balaban J connectivity index is 1.71. The van der Waals surface area contributed by atoms with Crippen LogP contribution in [0, 0.1) is 0 Å². The van der Waals surface area contributed by atoms with Crippen LogP contribution in [-0.2, 0) is 11.3 Å². The van der Waals surface area contributed by atoms with Crippen molar-refractivity contribution in [3.05, 3.63) is 53.9 Å². The van der Waals surface area contributed by atoms with Crippen LogP contribution in [0.1, 0.15) is 16.2 Å². The average molecular weight is 313 g/mol. The second kappa shape index (κ2) is 6.39. The van der Waals surface area contributed by atoms with Crippen molar-refractivity contribution >= 4 is 17.1 Å². The molecule has 0 saturated heterocycles. The molecule has 1 heterocycles. The lowest BCUT2D eigenvalue weighted by atomic mass is 10.2. The summed E-state index contributed by atoms with van der Waals surface area (Å²) < 4.78 is 21.0. The van der Waals surface area contributed by atoms with E-state index in [1.54, 1.807) is 18.2 Å². The quantitative estimate of drug-likeness (QED) is 0.674. The number of fused-ring (bicyclic) bond motifs is 1. The van der Waals surface area contributed by atoms with Crippen LogP contribution in [0.5, 0.6) is 11.5 Å². The molecule has 0 unspecified atom stereocenters. The second-order valence-electron chi connectivity index (χ2n) is 4.72. The predicted octanol–water partition coefficient (Wildman–Crippen LogP) is 3.20. The predicted molar refractivity (Wildman–Crippen MR) is 82.7 cm³/mol. The van der Waals surface area contributed by atoms with Crippen molar-refractivity contribution in [3.63, 3.8) is 0 Å². The molecule has 6 nitrogen and oxygen atoms in total. The summed E-state index contributed by atoms with van der Waals surface area (Å²) in [6.07, 6.45) is 0. The monoisotopic (exact) mass is 313 g/mol. The number of methoxy groups -OCH3 is 2. The molecule has 6 heteroatoms. The van der Waals surface area contributed by atoms with Gasteiger partial charge in [0.1, 0.15) is 5.52 Å². The van der Waals surface area contributed by atoms with Gasteiger partial charge >= 0.3 is 5.97 Å². The Morgan fingerprint density at radius 1 is 1.09 bits per heavy atom. The molecule has 0 fully saturated rings. The molecule has 23 heavy (non-hydrogen) atoms. The van der Waals surface area contributed by atoms with Gasteiger partial charge in [-0.3, -0.25) is 0 Å². The van der Waals surface area contributed by atoms with Crippen LogP contribution in [0.25, 0.3) is 11.1 Å². The first-order valence-corrected chi connectivity index (χ1v) is 6.95. The van der Waals surface area contributed by atoms with Crippen molar-refractivity contribution in [1.82, 2.24) is 4.98 Å². The van der Waals surface area contributed by atoms with Crippen LogP contribution >= 0.6 is 0 Å². The molecular weight excluding hydrogens is 298 g/mol. The third-order valence-electron chi connectivity index (χ3n) is 3.28. The molecule has 0 aliphatic rings. The van der Waals surface area contributed by atoms with Crippen LogP contribution in [0.3, 0.4) is 0 Å². The molecule has 0 amide bonds. The van der Waals surface area contributed by atoms with Gasteiger partial charge in [0.25, 0.3) is 0 Å². The number of ether oxygens (including phenoxy) is 3. The molecule has 1 aromatic heterocycles. The fraction of sp³-hybridized carbons (Fsp3) is 0.176. The van der Waals surface area contributed by atoms with Crippen LogP contribution in [-0.4, -0.2) is 25.2 Å². The molecular formula is C17H15NO5. The van der Waals surface area contributed by atoms with Crippen molar-refractivity contribution in [2.24, 2.45) is 0 Å². The van der Waals surface area contributed by atoms with Crippen LogP contribution in [0.4, 0.5) is 0 Å². The molecule has 0 spiro atoms. The first-order chi connectivity index (χ1) is 11.2. The minimum Gasteiger partial charge on any atom is -0.493 e. The molecule has 0 aliphatic carbocycles. The smallest absolute Gasteiger partial charge is 0.338 e. The summed E-state index contributed by atoms with van der Waals surface area (Å²) in [4.78, 5) is 16.4. The van der Waals surface area contributed by atoms with Gasteiger partial charge in [-0.15, -0.1) is 0 Å². The van der Waals surface area contributed by atoms with Gasteiger partial charge < -0.3 is 18.6 Å². The number of carbonyl (C=O) groups is 1. The lowest BCUT2D eigenvalue weighted by Crippen LogP contribution is -2.06. The van der Waals surface area contributed by atoms with E-state index in [0.29, 0.717) is 28.5 Å². The van der Waals surface area contributed by atoms with E-state index < -0.39 is 5.97 Å². The Morgan fingerprint density at radius 3 is 2.61 bits per heavy atom. The number of benzene rings is 2. The maximum Gasteiger partial charge on any atom is 0.338 e. The summed E-state index contributed by atoms with van der Waals surface area (Å²) in [7, 11) is 3.04. The van der Waals surface area contributed by atoms with Gasteiger partial charge in [0.15, 0.2) is 23.7 Å². The van der Waals surface area contributed by atoms with Crippen molar-refractivity contribution in [2.75, 3.05) is 14.2 Å². The van der Waals surface area contributed by atoms with E-state index in [1.807, 2.05) is 24.3 Å². The van der Waals surface area contributed by atoms with E-state index in [2.05, 4.69) is 4.98 Å². The highest BCUT2D eigenvalue weighted by Crippen LogP contribution is 2.28. The van der Waals surface area contributed by atoms with Crippen molar-refractivity contribution in [3.8, 4) is 11.5 Å². The lowest BCUT2D eigenvalue weighted by molar-refractivity contribution is 0.0440. The highest BCUT2D eigenvalue weighted by atomic mass is 16.5. The lowest BCUT2D eigenvalue weighted by Gasteiger charge is -2.09. The zero-order valence-corrected chi connectivity index (χ0v) is 12.7. The minimum absolute atomic E-state index is 0.0398. The molecule has 2 aromatic carbocycles. The third-order valence-corrected chi connectivity index (χ3v) is 3.28. The molecule has 0 N–H and O–H groups in total. The number of aromatic nitrogens is 1. The molecule has 0 radical (unpaired) electrons. The Morgan fingerprint density at radius 2 is 1.87 bits per heavy atom. The van der Waals surface area contributed by atoms with Gasteiger partial charge in [-0.05, 0) is 30.3 Å². The number of para-hydroxylation sites is 2. The van der Waals surface area contributed by atoms with E-state index in [1.165, 1.54) is 14.2 Å². The second-order valence-corrected chi connectivity index (χ2v) is 4.72. The first kappa shape index (κ1) is 14.9. The maximum atomic E-state index is 12.1. The highest BCUT2D eigenvalue weighted by molar-refractivity contribution is 5.90. The van der Waals surface area contributed by atoms with E-state index in [0.717, 1.165) is 5.52 Å². The normalized spacial score (nSPS) is 10.5. The standard InChI is InChI=1S/C17H15NO5/c1-20-14-8-7-11(9-15(14)21-2)17(19)22-10-16-18-12-5-3-4-6-13(12)23-16/h3-9H,10H2,1-2H3. The van der Waals surface area contributed by atoms with Gasteiger partial charge in [-0.2, -0.15) is 0 Å². The van der Waals surface area contributed by atoms with E-state index in [9.17, 15) is 4.79 Å². The first-order valence-electron chi connectivity index (χ1n) is 6.95. The van der Waals surface area contributed by atoms with E-state index in [-0.39, 0.29) is 6.61 Å². The third kappa shape index (κ3) is 3.11. The number of hydrogen-bond donors (Lipinski definition) is 0.